The molecule has 1 aliphatic heterocycles. The second-order valence-electron chi connectivity index (χ2n) is 5.98. The molecule has 0 spiro atoms. The number of nitrogens with one attached hydrogen (secondary N) is 1. The molecular formula is C20H18N4O2. The van der Waals surface area contributed by atoms with Gasteiger partial charge in [0.15, 0.2) is 11.6 Å². The Bertz CT molecular complexity index is 944. The summed E-state index contributed by atoms with van der Waals surface area (Å²) >= 11 is 0. The molecular weight excluding hydrogens is 328 g/mol. The van der Waals surface area contributed by atoms with Crippen LogP contribution < -0.4 is 15.0 Å². The Labute approximate surface area is 151 Å². The number of ether oxygens (including phenoxy) is 1. The Balaban J connectivity index is 1.71. The monoisotopic (exact) mass is 346 g/mol. The van der Waals surface area contributed by atoms with Crippen LogP contribution in [-0.2, 0) is 11.3 Å². The van der Waals surface area contributed by atoms with E-state index in [1.54, 1.807) is 18.2 Å². The molecule has 26 heavy (non-hydrogen) atoms. The minimum atomic E-state index is -0.0418. The number of hydrogen-bond acceptors (Lipinski definition) is 5. The van der Waals surface area contributed by atoms with Gasteiger partial charge in [-0.2, -0.15) is 0 Å². The third kappa shape index (κ3) is 3.09. The van der Waals surface area contributed by atoms with E-state index in [9.17, 15) is 4.79 Å². The third-order valence-electron chi connectivity index (χ3n) is 4.26. The molecule has 0 saturated heterocycles. The van der Waals surface area contributed by atoms with Crippen LogP contribution in [0.5, 0.6) is 5.75 Å². The zero-order chi connectivity index (χ0) is 17.9. The van der Waals surface area contributed by atoms with Crippen LogP contribution in [0.2, 0.25) is 0 Å². The highest BCUT2D eigenvalue weighted by atomic mass is 16.5. The van der Waals surface area contributed by atoms with Crippen molar-refractivity contribution in [3.8, 4) is 17.0 Å². The zero-order valence-electron chi connectivity index (χ0n) is 14.3. The molecule has 6 nitrogen and oxygen atoms in total. The van der Waals surface area contributed by atoms with Gasteiger partial charge in [-0.3, -0.25) is 9.69 Å². The summed E-state index contributed by atoms with van der Waals surface area (Å²) in [5.41, 5.74) is 2.66. The molecule has 1 N–H and O–H groups in total. The van der Waals surface area contributed by atoms with Crippen molar-refractivity contribution in [2.75, 3.05) is 23.9 Å². The second-order valence-corrected chi connectivity index (χ2v) is 5.98. The fourth-order valence-electron chi connectivity index (χ4n) is 2.93. The summed E-state index contributed by atoms with van der Waals surface area (Å²) in [6, 6.07) is 17.5. The first-order valence-electron chi connectivity index (χ1n) is 8.34. The Kier molecular flexibility index (Phi) is 4.23. The van der Waals surface area contributed by atoms with Gasteiger partial charge in [0.2, 0.25) is 5.91 Å². The van der Waals surface area contributed by atoms with Crippen molar-refractivity contribution in [1.29, 1.82) is 0 Å². The lowest BCUT2D eigenvalue weighted by molar-refractivity contribution is -0.117. The maximum absolute atomic E-state index is 12.5. The van der Waals surface area contributed by atoms with Crippen molar-refractivity contribution >= 4 is 17.5 Å². The summed E-state index contributed by atoms with van der Waals surface area (Å²) in [6.45, 7) is 0.619. The predicted molar refractivity (Wildman–Crippen MR) is 100 cm³/mol. The van der Waals surface area contributed by atoms with Crippen molar-refractivity contribution in [2.24, 2.45) is 0 Å². The van der Waals surface area contributed by atoms with Crippen LogP contribution in [0.15, 0.2) is 60.8 Å². The maximum Gasteiger partial charge on any atom is 0.247 e. The van der Waals surface area contributed by atoms with Gasteiger partial charge in [-0.15, -0.1) is 0 Å². The molecule has 0 atom stereocenters. The summed E-state index contributed by atoms with van der Waals surface area (Å²) in [7, 11) is 1.63. The van der Waals surface area contributed by atoms with E-state index in [4.69, 9.17) is 9.72 Å². The number of hydrogen-bond donors (Lipinski definition) is 1. The molecule has 4 rings (SSSR count). The number of methoxy groups -OCH3 is 1. The average Bonchev–Trinajstić information content (AvgIpc) is 2.70. The summed E-state index contributed by atoms with van der Waals surface area (Å²) in [5, 5.41) is 3.04. The summed E-state index contributed by atoms with van der Waals surface area (Å²) < 4.78 is 5.27. The SMILES string of the molecule is COc1cccc(CN2C(=O)CNc3ncc(-c4ccccc4)nc32)c1. The quantitative estimate of drug-likeness (QED) is 0.786. The molecule has 6 heteroatoms. The van der Waals surface area contributed by atoms with E-state index < -0.39 is 0 Å². The second kappa shape index (κ2) is 6.84. The average molecular weight is 346 g/mol. The van der Waals surface area contributed by atoms with Gasteiger partial charge in [0.1, 0.15) is 5.75 Å². The molecule has 0 fully saturated rings. The van der Waals surface area contributed by atoms with Gasteiger partial charge >= 0.3 is 0 Å². The number of aromatic nitrogens is 2. The van der Waals surface area contributed by atoms with E-state index in [1.165, 1.54) is 0 Å². The predicted octanol–water partition coefficient (Wildman–Crippen LogP) is 3.11. The summed E-state index contributed by atoms with van der Waals surface area (Å²) in [5.74, 6) is 1.88. The van der Waals surface area contributed by atoms with Crippen LogP contribution >= 0.6 is 0 Å². The van der Waals surface area contributed by atoms with Crippen LogP contribution in [-0.4, -0.2) is 29.5 Å². The number of amides is 1. The number of benzene rings is 2. The molecule has 0 unspecified atom stereocenters. The third-order valence-corrected chi connectivity index (χ3v) is 4.26. The highest BCUT2D eigenvalue weighted by Crippen LogP contribution is 2.30. The Hall–Kier alpha value is -3.41. The van der Waals surface area contributed by atoms with Crippen molar-refractivity contribution in [3.63, 3.8) is 0 Å². The minimum Gasteiger partial charge on any atom is -0.497 e. The van der Waals surface area contributed by atoms with Crippen LogP contribution in [0.25, 0.3) is 11.3 Å². The fourth-order valence-corrected chi connectivity index (χ4v) is 2.93. The number of nitrogens with zero attached hydrogens (tertiary/aromatic N) is 3. The number of carbonyl (C=O) groups is 1. The molecule has 3 aromatic rings. The van der Waals surface area contributed by atoms with Gasteiger partial charge in [-0.05, 0) is 17.7 Å². The first kappa shape index (κ1) is 16.1. The van der Waals surface area contributed by atoms with Crippen LogP contribution in [0.3, 0.4) is 0 Å². The summed E-state index contributed by atoms with van der Waals surface area (Å²) in [4.78, 5) is 23.4. The van der Waals surface area contributed by atoms with E-state index in [0.29, 0.717) is 18.2 Å². The molecule has 2 heterocycles. The normalized spacial score (nSPS) is 13.1. The molecule has 0 bridgehead atoms. The van der Waals surface area contributed by atoms with E-state index in [-0.39, 0.29) is 12.5 Å². The van der Waals surface area contributed by atoms with Crippen molar-refractivity contribution in [2.45, 2.75) is 6.54 Å². The van der Waals surface area contributed by atoms with Crippen molar-refractivity contribution in [3.05, 3.63) is 66.4 Å². The summed E-state index contributed by atoms with van der Waals surface area (Å²) in [6.07, 6.45) is 1.72. The van der Waals surface area contributed by atoms with Crippen LogP contribution in [0.1, 0.15) is 5.56 Å². The molecule has 0 radical (unpaired) electrons. The lowest BCUT2D eigenvalue weighted by atomic mass is 10.1. The van der Waals surface area contributed by atoms with Gasteiger partial charge in [0.05, 0.1) is 32.1 Å². The van der Waals surface area contributed by atoms with E-state index in [0.717, 1.165) is 22.6 Å². The lowest BCUT2D eigenvalue weighted by Crippen LogP contribution is -2.40. The minimum absolute atomic E-state index is 0.0418. The molecule has 130 valence electrons. The number of anilines is 2. The lowest BCUT2D eigenvalue weighted by Gasteiger charge is -2.28. The zero-order valence-corrected chi connectivity index (χ0v) is 14.3. The van der Waals surface area contributed by atoms with Gasteiger partial charge in [-0.1, -0.05) is 42.5 Å². The van der Waals surface area contributed by atoms with Crippen molar-refractivity contribution < 1.29 is 9.53 Å². The Morgan fingerprint density at radius 2 is 2.00 bits per heavy atom. The number of carbonyl (C=O) groups excluding carboxylic acids is 1. The molecule has 1 aromatic heterocycles. The van der Waals surface area contributed by atoms with E-state index in [1.807, 2.05) is 54.6 Å². The molecule has 1 aliphatic rings. The Morgan fingerprint density at radius 3 is 2.81 bits per heavy atom. The van der Waals surface area contributed by atoms with E-state index >= 15 is 0 Å². The first-order chi connectivity index (χ1) is 12.7. The van der Waals surface area contributed by atoms with Crippen molar-refractivity contribution in [1.82, 2.24) is 9.97 Å². The van der Waals surface area contributed by atoms with Gasteiger partial charge in [-0.25, -0.2) is 9.97 Å². The van der Waals surface area contributed by atoms with Crippen LogP contribution in [0.4, 0.5) is 11.6 Å². The smallest absolute Gasteiger partial charge is 0.247 e. The standard InChI is InChI=1S/C20H18N4O2/c1-26-16-9-5-6-14(10-16)13-24-18(25)12-22-19-20(24)23-17(11-21-19)15-7-3-2-4-8-15/h2-11H,12-13H2,1H3,(H,21,22). The molecule has 0 saturated carbocycles. The van der Waals surface area contributed by atoms with Gasteiger partial charge < -0.3 is 10.1 Å². The first-order valence-corrected chi connectivity index (χ1v) is 8.34. The van der Waals surface area contributed by atoms with Gasteiger partial charge in [0.25, 0.3) is 0 Å². The fraction of sp³-hybridized carbons (Fsp3) is 0.150. The van der Waals surface area contributed by atoms with Gasteiger partial charge in [0, 0.05) is 5.56 Å². The number of rotatable bonds is 4. The maximum atomic E-state index is 12.5. The van der Waals surface area contributed by atoms with E-state index in [2.05, 4.69) is 10.3 Å². The Morgan fingerprint density at radius 1 is 1.15 bits per heavy atom. The molecule has 0 aliphatic carbocycles. The molecule has 1 amide bonds. The topological polar surface area (TPSA) is 67.3 Å². The largest absolute Gasteiger partial charge is 0.497 e. The molecule has 2 aromatic carbocycles. The van der Waals surface area contributed by atoms with Crippen LogP contribution in [0, 0.1) is 0 Å². The highest BCUT2D eigenvalue weighted by Gasteiger charge is 2.27. The number of fused-ring (bicyclic) bond motifs is 1. The highest BCUT2D eigenvalue weighted by molar-refractivity contribution is 6.00.